The Balaban J connectivity index is 2.47. The molecule has 0 aromatic carbocycles. The maximum atomic E-state index is 10.5. The third-order valence-corrected chi connectivity index (χ3v) is 1.92. The second kappa shape index (κ2) is 4.58. The van der Waals surface area contributed by atoms with E-state index in [1.807, 2.05) is 13.8 Å². The largest absolute Gasteiger partial charge is 0.352 e. The summed E-state index contributed by atoms with van der Waals surface area (Å²) >= 11 is 0. The molecule has 0 saturated carbocycles. The number of carbonyl (C=O) groups is 1. The van der Waals surface area contributed by atoms with Crippen LogP contribution in [0, 0.1) is 5.92 Å². The van der Waals surface area contributed by atoms with Crippen LogP contribution in [0.15, 0.2) is 0 Å². The zero-order valence-corrected chi connectivity index (χ0v) is 7.66. The summed E-state index contributed by atoms with van der Waals surface area (Å²) in [5, 5.41) is 0. The standard InChI is InChI=1S/C9H16O3/c1-7(2)9-11-5-3-4-8(6-10)12-9/h6-9H,3-5H2,1-2H3. The average Bonchev–Trinajstić information content (AvgIpc) is 2.28. The van der Waals surface area contributed by atoms with E-state index in [1.54, 1.807) is 0 Å². The number of hydrogen-bond donors (Lipinski definition) is 0. The zero-order valence-electron chi connectivity index (χ0n) is 7.66. The molecule has 1 rings (SSSR count). The quantitative estimate of drug-likeness (QED) is 0.590. The van der Waals surface area contributed by atoms with Crippen molar-refractivity contribution in [1.82, 2.24) is 0 Å². The molecule has 1 aliphatic rings. The molecular weight excluding hydrogens is 156 g/mol. The summed E-state index contributed by atoms with van der Waals surface area (Å²) in [7, 11) is 0. The van der Waals surface area contributed by atoms with Gasteiger partial charge < -0.3 is 14.3 Å². The van der Waals surface area contributed by atoms with Crippen molar-refractivity contribution in [2.24, 2.45) is 5.92 Å². The molecule has 70 valence electrons. The van der Waals surface area contributed by atoms with Gasteiger partial charge in [0.25, 0.3) is 0 Å². The Morgan fingerprint density at radius 1 is 1.50 bits per heavy atom. The highest BCUT2D eigenvalue weighted by Gasteiger charge is 2.22. The summed E-state index contributed by atoms with van der Waals surface area (Å²) in [6.07, 6.45) is 2.09. The molecule has 0 radical (unpaired) electrons. The van der Waals surface area contributed by atoms with Crippen molar-refractivity contribution in [2.75, 3.05) is 6.61 Å². The van der Waals surface area contributed by atoms with Gasteiger partial charge in [0.05, 0.1) is 0 Å². The number of aldehydes is 1. The first-order valence-corrected chi connectivity index (χ1v) is 4.46. The van der Waals surface area contributed by atoms with E-state index in [2.05, 4.69) is 0 Å². The fourth-order valence-electron chi connectivity index (χ4n) is 1.21. The fourth-order valence-corrected chi connectivity index (χ4v) is 1.21. The van der Waals surface area contributed by atoms with Crippen molar-refractivity contribution in [3.05, 3.63) is 0 Å². The van der Waals surface area contributed by atoms with Crippen molar-refractivity contribution in [3.63, 3.8) is 0 Å². The van der Waals surface area contributed by atoms with E-state index in [4.69, 9.17) is 9.47 Å². The smallest absolute Gasteiger partial charge is 0.160 e. The first kappa shape index (κ1) is 9.68. The minimum Gasteiger partial charge on any atom is -0.352 e. The highest BCUT2D eigenvalue weighted by molar-refractivity contribution is 5.55. The molecule has 0 amide bonds. The van der Waals surface area contributed by atoms with Crippen LogP contribution in [-0.4, -0.2) is 25.3 Å². The molecular formula is C9H16O3. The molecule has 1 fully saturated rings. The van der Waals surface area contributed by atoms with E-state index in [9.17, 15) is 4.79 Å². The Morgan fingerprint density at radius 3 is 2.83 bits per heavy atom. The van der Waals surface area contributed by atoms with Crippen LogP contribution in [0.25, 0.3) is 0 Å². The van der Waals surface area contributed by atoms with Crippen LogP contribution in [0.2, 0.25) is 0 Å². The summed E-state index contributed by atoms with van der Waals surface area (Å²) in [5.74, 6) is 0.311. The van der Waals surface area contributed by atoms with Crippen LogP contribution >= 0.6 is 0 Å². The van der Waals surface area contributed by atoms with Crippen LogP contribution in [-0.2, 0) is 14.3 Å². The Morgan fingerprint density at radius 2 is 2.25 bits per heavy atom. The molecule has 12 heavy (non-hydrogen) atoms. The average molecular weight is 172 g/mol. The summed E-state index contributed by atoms with van der Waals surface area (Å²) < 4.78 is 10.8. The molecule has 0 spiro atoms. The summed E-state index contributed by atoms with van der Waals surface area (Å²) in [4.78, 5) is 10.5. The van der Waals surface area contributed by atoms with Gasteiger partial charge in [-0.15, -0.1) is 0 Å². The lowest BCUT2D eigenvalue weighted by Crippen LogP contribution is -2.27. The molecule has 3 heteroatoms. The molecule has 1 heterocycles. The van der Waals surface area contributed by atoms with E-state index in [0.29, 0.717) is 12.5 Å². The second-order valence-corrected chi connectivity index (χ2v) is 3.44. The molecule has 2 unspecified atom stereocenters. The Bertz CT molecular complexity index is 145. The molecule has 0 aromatic rings. The predicted octanol–water partition coefficient (Wildman–Crippen LogP) is 1.36. The molecule has 1 aliphatic heterocycles. The number of rotatable bonds is 2. The molecule has 0 bridgehead atoms. The monoisotopic (exact) mass is 172 g/mol. The van der Waals surface area contributed by atoms with Crippen molar-refractivity contribution in [1.29, 1.82) is 0 Å². The van der Waals surface area contributed by atoms with Crippen molar-refractivity contribution in [2.45, 2.75) is 39.1 Å². The minimum absolute atomic E-state index is 0.206. The maximum Gasteiger partial charge on any atom is 0.160 e. The van der Waals surface area contributed by atoms with Crippen LogP contribution in [0.3, 0.4) is 0 Å². The van der Waals surface area contributed by atoms with Gasteiger partial charge in [-0.2, -0.15) is 0 Å². The topological polar surface area (TPSA) is 35.5 Å². The van der Waals surface area contributed by atoms with Crippen LogP contribution in [0.4, 0.5) is 0 Å². The fraction of sp³-hybridized carbons (Fsp3) is 0.889. The lowest BCUT2D eigenvalue weighted by molar-refractivity contribution is -0.176. The van der Waals surface area contributed by atoms with Gasteiger partial charge in [-0.25, -0.2) is 0 Å². The van der Waals surface area contributed by atoms with Gasteiger partial charge >= 0.3 is 0 Å². The van der Waals surface area contributed by atoms with Gasteiger partial charge in [-0.3, -0.25) is 0 Å². The highest BCUT2D eigenvalue weighted by atomic mass is 16.7. The maximum absolute atomic E-state index is 10.5. The van der Waals surface area contributed by atoms with E-state index < -0.39 is 0 Å². The molecule has 0 aliphatic carbocycles. The van der Waals surface area contributed by atoms with Gasteiger partial charge in [-0.05, 0) is 12.8 Å². The third kappa shape index (κ3) is 2.57. The SMILES string of the molecule is CC(C)C1OCCCC(C=O)O1. The first-order valence-electron chi connectivity index (χ1n) is 4.46. The Kier molecular flexibility index (Phi) is 3.69. The zero-order chi connectivity index (χ0) is 8.97. The van der Waals surface area contributed by atoms with Crippen LogP contribution < -0.4 is 0 Å². The summed E-state index contributed by atoms with van der Waals surface area (Å²) in [5.41, 5.74) is 0. The Hall–Kier alpha value is -0.410. The van der Waals surface area contributed by atoms with Crippen molar-refractivity contribution >= 4 is 6.29 Å². The Labute approximate surface area is 73.0 Å². The molecule has 3 nitrogen and oxygen atoms in total. The third-order valence-electron chi connectivity index (χ3n) is 1.92. The van der Waals surface area contributed by atoms with E-state index in [0.717, 1.165) is 19.1 Å². The minimum atomic E-state index is -0.264. The first-order chi connectivity index (χ1) is 5.74. The summed E-state index contributed by atoms with van der Waals surface area (Å²) in [6.45, 7) is 4.75. The van der Waals surface area contributed by atoms with Gasteiger partial charge in [0.15, 0.2) is 6.29 Å². The van der Waals surface area contributed by atoms with E-state index >= 15 is 0 Å². The lowest BCUT2D eigenvalue weighted by Gasteiger charge is -2.20. The second-order valence-electron chi connectivity index (χ2n) is 3.44. The predicted molar refractivity (Wildman–Crippen MR) is 44.7 cm³/mol. The van der Waals surface area contributed by atoms with Crippen molar-refractivity contribution < 1.29 is 14.3 Å². The molecule has 0 N–H and O–H groups in total. The van der Waals surface area contributed by atoms with Crippen molar-refractivity contribution in [3.8, 4) is 0 Å². The van der Waals surface area contributed by atoms with Gasteiger partial charge in [0.1, 0.15) is 12.4 Å². The van der Waals surface area contributed by atoms with Crippen LogP contribution in [0.1, 0.15) is 26.7 Å². The van der Waals surface area contributed by atoms with E-state index in [-0.39, 0.29) is 12.4 Å². The van der Waals surface area contributed by atoms with Gasteiger partial charge in [0.2, 0.25) is 0 Å². The highest BCUT2D eigenvalue weighted by Crippen LogP contribution is 2.17. The van der Waals surface area contributed by atoms with Gasteiger partial charge in [0, 0.05) is 12.5 Å². The molecule has 1 saturated heterocycles. The molecule has 0 aromatic heterocycles. The normalized spacial score (nSPS) is 31.6. The lowest BCUT2D eigenvalue weighted by atomic mass is 10.2. The number of hydrogen-bond acceptors (Lipinski definition) is 3. The van der Waals surface area contributed by atoms with Gasteiger partial charge in [-0.1, -0.05) is 13.8 Å². The van der Waals surface area contributed by atoms with E-state index in [1.165, 1.54) is 0 Å². The number of ether oxygens (including phenoxy) is 2. The number of carbonyl (C=O) groups excluding carboxylic acids is 1. The molecule has 2 atom stereocenters. The summed E-state index contributed by atoms with van der Waals surface area (Å²) in [6, 6.07) is 0. The van der Waals surface area contributed by atoms with Crippen LogP contribution in [0.5, 0.6) is 0 Å².